The molecule has 0 atom stereocenters. The third-order valence-electron chi connectivity index (χ3n) is 2.50. The second-order valence-electron chi connectivity index (χ2n) is 5.15. The Morgan fingerprint density at radius 2 is 2.00 bits per heavy atom. The molecule has 0 heterocycles. The lowest BCUT2D eigenvalue weighted by Gasteiger charge is -2.22. The third-order valence-corrected chi connectivity index (χ3v) is 2.50. The fourth-order valence-corrected chi connectivity index (χ4v) is 1.28. The number of aliphatic hydroxyl groups is 1. The minimum atomic E-state index is -0.607. The minimum absolute atomic E-state index is 0.0113. The lowest BCUT2D eigenvalue weighted by Crippen LogP contribution is -2.28. The van der Waals surface area contributed by atoms with Gasteiger partial charge in [-0.15, -0.1) is 0 Å². The Hall–Kier alpha value is -1.47. The van der Waals surface area contributed by atoms with Crippen molar-refractivity contribution < 1.29 is 29.1 Å². The Morgan fingerprint density at radius 3 is 2.60 bits per heavy atom. The third kappa shape index (κ3) is 10.5. The molecule has 0 radical (unpaired) electrons. The molecule has 0 aliphatic heterocycles. The maximum absolute atomic E-state index is 11.2. The molecule has 2 N–H and O–H groups in total. The van der Waals surface area contributed by atoms with E-state index in [-0.39, 0.29) is 37.9 Å². The van der Waals surface area contributed by atoms with Gasteiger partial charge in [-0.25, -0.2) is 4.79 Å². The van der Waals surface area contributed by atoms with Crippen LogP contribution in [-0.4, -0.2) is 43.1 Å². The summed E-state index contributed by atoms with van der Waals surface area (Å²) in [4.78, 5) is 36.8. The number of hydrogen-bond acceptors (Lipinski definition) is 6. The van der Waals surface area contributed by atoms with E-state index in [1.807, 2.05) is 19.3 Å². The summed E-state index contributed by atoms with van der Waals surface area (Å²) in [6.07, 6.45) is 1.33. The molecule has 7 nitrogen and oxygen atoms in total. The quantitative estimate of drug-likeness (QED) is 0.342. The number of aliphatic hydroxyl groups excluding tert-OH is 1. The van der Waals surface area contributed by atoms with E-state index in [9.17, 15) is 14.4 Å². The standard InChI is InChI=1S/C13H23NO6/c1-13(2,6-8-16)10-19-9-5-12(18)20-14-11(17)4-3-7-15/h7,16H,3-6,8-10H2,1-2H3,(H,14,17). The zero-order valence-electron chi connectivity index (χ0n) is 12.0. The molecule has 0 aromatic carbocycles. The first-order chi connectivity index (χ1) is 9.41. The van der Waals surface area contributed by atoms with Crippen molar-refractivity contribution in [1.82, 2.24) is 5.48 Å². The van der Waals surface area contributed by atoms with E-state index in [4.69, 9.17) is 9.84 Å². The molecule has 0 aliphatic rings. The molecule has 0 fully saturated rings. The first kappa shape index (κ1) is 18.5. The second kappa shape index (κ2) is 10.3. The topological polar surface area (TPSA) is 102 Å². The molecule has 0 aromatic rings. The Bertz CT molecular complexity index is 316. The molecule has 0 bridgehead atoms. The van der Waals surface area contributed by atoms with Crippen molar-refractivity contribution in [3.8, 4) is 0 Å². The van der Waals surface area contributed by atoms with Crippen molar-refractivity contribution in [2.75, 3.05) is 19.8 Å². The van der Waals surface area contributed by atoms with Crippen LogP contribution in [0.25, 0.3) is 0 Å². The van der Waals surface area contributed by atoms with Crippen LogP contribution in [0.3, 0.4) is 0 Å². The number of hydroxylamine groups is 1. The lowest BCUT2D eigenvalue weighted by atomic mass is 9.91. The smallest absolute Gasteiger partial charge is 0.334 e. The summed E-state index contributed by atoms with van der Waals surface area (Å²) in [5.74, 6) is -1.13. The van der Waals surface area contributed by atoms with Gasteiger partial charge in [0.1, 0.15) is 6.29 Å². The number of aldehydes is 1. The molecule has 7 heteroatoms. The summed E-state index contributed by atoms with van der Waals surface area (Å²) >= 11 is 0. The molecule has 0 unspecified atom stereocenters. The van der Waals surface area contributed by atoms with E-state index < -0.39 is 11.9 Å². The summed E-state index contributed by atoms with van der Waals surface area (Å²) in [7, 11) is 0. The summed E-state index contributed by atoms with van der Waals surface area (Å²) in [6.45, 7) is 4.60. The van der Waals surface area contributed by atoms with Gasteiger partial charge in [-0.1, -0.05) is 13.8 Å². The number of carbonyl (C=O) groups is 3. The first-order valence-corrected chi connectivity index (χ1v) is 6.52. The second-order valence-corrected chi connectivity index (χ2v) is 5.15. The fourth-order valence-electron chi connectivity index (χ4n) is 1.28. The van der Waals surface area contributed by atoms with E-state index >= 15 is 0 Å². The van der Waals surface area contributed by atoms with E-state index in [1.165, 1.54) is 0 Å². The Morgan fingerprint density at radius 1 is 1.30 bits per heavy atom. The van der Waals surface area contributed by atoms with Crippen LogP contribution in [0, 0.1) is 5.41 Å². The van der Waals surface area contributed by atoms with Gasteiger partial charge in [-0.05, 0) is 11.8 Å². The fraction of sp³-hybridized carbons (Fsp3) is 0.769. The molecule has 0 aromatic heterocycles. The van der Waals surface area contributed by atoms with Crippen LogP contribution in [0.15, 0.2) is 0 Å². The predicted molar refractivity (Wildman–Crippen MR) is 70.5 cm³/mol. The van der Waals surface area contributed by atoms with Crippen LogP contribution in [0.5, 0.6) is 0 Å². The van der Waals surface area contributed by atoms with Crippen LogP contribution < -0.4 is 5.48 Å². The van der Waals surface area contributed by atoms with Crippen LogP contribution in [0.4, 0.5) is 0 Å². The highest BCUT2D eigenvalue weighted by Crippen LogP contribution is 2.19. The zero-order valence-corrected chi connectivity index (χ0v) is 12.0. The predicted octanol–water partition coefficient (Wildman–Crippen LogP) is 0.355. The Balaban J connectivity index is 3.63. The zero-order chi connectivity index (χ0) is 15.4. The highest BCUT2D eigenvalue weighted by molar-refractivity contribution is 5.79. The SMILES string of the molecule is CC(C)(CCO)COCCC(=O)ONC(=O)CCC=O. The monoisotopic (exact) mass is 289 g/mol. The van der Waals surface area contributed by atoms with E-state index in [1.54, 1.807) is 0 Å². The van der Waals surface area contributed by atoms with Gasteiger partial charge in [0.2, 0.25) is 0 Å². The first-order valence-electron chi connectivity index (χ1n) is 6.52. The number of carbonyl (C=O) groups excluding carboxylic acids is 3. The van der Waals surface area contributed by atoms with Gasteiger partial charge in [0.25, 0.3) is 5.91 Å². The van der Waals surface area contributed by atoms with Gasteiger partial charge in [-0.2, -0.15) is 5.48 Å². The van der Waals surface area contributed by atoms with E-state index in [0.717, 1.165) is 0 Å². The highest BCUT2D eigenvalue weighted by Gasteiger charge is 2.17. The van der Waals surface area contributed by atoms with Crippen LogP contribution in [0.2, 0.25) is 0 Å². The number of rotatable bonds is 10. The molecule has 0 saturated carbocycles. The average Bonchev–Trinajstić information content (AvgIpc) is 2.39. The minimum Gasteiger partial charge on any atom is -0.396 e. The largest absolute Gasteiger partial charge is 0.396 e. The van der Waals surface area contributed by atoms with Crippen LogP contribution in [0.1, 0.15) is 39.5 Å². The van der Waals surface area contributed by atoms with Crippen molar-refractivity contribution >= 4 is 18.2 Å². The number of amides is 1. The molecule has 0 aliphatic carbocycles. The van der Waals surface area contributed by atoms with Gasteiger partial charge in [0.05, 0.1) is 19.6 Å². The molecule has 1 amide bonds. The van der Waals surface area contributed by atoms with Gasteiger partial charge < -0.3 is 19.5 Å². The van der Waals surface area contributed by atoms with Crippen molar-refractivity contribution in [3.63, 3.8) is 0 Å². The van der Waals surface area contributed by atoms with Gasteiger partial charge in [-0.3, -0.25) is 4.79 Å². The van der Waals surface area contributed by atoms with Crippen LogP contribution in [-0.2, 0) is 24.0 Å². The summed E-state index contributed by atoms with van der Waals surface area (Å²) in [5.41, 5.74) is 1.81. The highest BCUT2D eigenvalue weighted by atomic mass is 16.7. The maximum Gasteiger partial charge on any atom is 0.334 e. The van der Waals surface area contributed by atoms with Gasteiger partial charge in [0, 0.05) is 19.4 Å². The van der Waals surface area contributed by atoms with Crippen molar-refractivity contribution in [2.45, 2.75) is 39.5 Å². The van der Waals surface area contributed by atoms with Crippen molar-refractivity contribution in [3.05, 3.63) is 0 Å². The number of hydrogen-bond donors (Lipinski definition) is 2. The summed E-state index contributed by atoms with van der Waals surface area (Å²) in [5, 5.41) is 8.84. The summed E-state index contributed by atoms with van der Waals surface area (Å²) in [6, 6.07) is 0. The molecular weight excluding hydrogens is 266 g/mol. The molecule has 0 rings (SSSR count). The Kier molecular flexibility index (Phi) is 9.57. The van der Waals surface area contributed by atoms with Crippen molar-refractivity contribution in [2.24, 2.45) is 5.41 Å². The number of ether oxygens (including phenoxy) is 1. The van der Waals surface area contributed by atoms with Crippen molar-refractivity contribution in [1.29, 1.82) is 0 Å². The van der Waals surface area contributed by atoms with E-state index in [0.29, 0.717) is 19.3 Å². The molecule has 0 saturated heterocycles. The summed E-state index contributed by atoms with van der Waals surface area (Å²) < 4.78 is 5.32. The molecule has 116 valence electrons. The maximum atomic E-state index is 11.2. The number of nitrogens with one attached hydrogen (secondary N) is 1. The van der Waals surface area contributed by atoms with Gasteiger partial charge in [0.15, 0.2) is 0 Å². The van der Waals surface area contributed by atoms with Crippen LogP contribution >= 0.6 is 0 Å². The normalized spacial score (nSPS) is 10.9. The van der Waals surface area contributed by atoms with Gasteiger partial charge >= 0.3 is 5.97 Å². The lowest BCUT2D eigenvalue weighted by molar-refractivity contribution is -0.159. The molecule has 20 heavy (non-hydrogen) atoms. The Labute approximate surface area is 118 Å². The average molecular weight is 289 g/mol. The molecular formula is C13H23NO6. The van der Waals surface area contributed by atoms with E-state index in [2.05, 4.69) is 4.84 Å². The molecule has 0 spiro atoms.